The van der Waals surface area contributed by atoms with Crippen LogP contribution in [0.4, 0.5) is 0 Å². The van der Waals surface area contributed by atoms with E-state index >= 15 is 0 Å². The van der Waals surface area contributed by atoms with Gasteiger partial charge in [-0.15, -0.1) is 11.3 Å². The number of aryl methyl sites for hydroxylation is 1. The molecule has 0 saturated heterocycles. The zero-order valence-corrected chi connectivity index (χ0v) is 11.9. The molecule has 0 aliphatic heterocycles. The summed E-state index contributed by atoms with van der Waals surface area (Å²) in [4.78, 5) is 5.77. The zero-order chi connectivity index (χ0) is 13.2. The summed E-state index contributed by atoms with van der Waals surface area (Å²) in [5.41, 5.74) is 3.65. The van der Waals surface area contributed by atoms with Crippen LogP contribution in [0.15, 0.2) is 48.0 Å². The molecule has 0 spiro atoms. The van der Waals surface area contributed by atoms with Gasteiger partial charge < -0.3 is 5.32 Å². The summed E-state index contributed by atoms with van der Waals surface area (Å²) >= 11 is 1.79. The number of pyridine rings is 1. The van der Waals surface area contributed by atoms with Crippen molar-refractivity contribution in [3.63, 3.8) is 0 Å². The van der Waals surface area contributed by atoms with Gasteiger partial charge in [-0.2, -0.15) is 0 Å². The SMILES string of the molecule is CNC(c1csc(C)c1)c1cccc2ncccc12. The summed E-state index contributed by atoms with van der Waals surface area (Å²) in [5.74, 6) is 0. The first-order valence-corrected chi connectivity index (χ1v) is 7.23. The van der Waals surface area contributed by atoms with Crippen molar-refractivity contribution in [3.05, 3.63) is 64.0 Å². The average Bonchev–Trinajstić information content (AvgIpc) is 2.86. The second kappa shape index (κ2) is 5.11. The Balaban J connectivity index is 2.16. The Hall–Kier alpha value is -1.71. The molecule has 0 aliphatic carbocycles. The van der Waals surface area contributed by atoms with Crippen LogP contribution in [0.1, 0.15) is 22.0 Å². The highest BCUT2D eigenvalue weighted by molar-refractivity contribution is 7.10. The van der Waals surface area contributed by atoms with Crippen molar-refractivity contribution in [1.29, 1.82) is 0 Å². The van der Waals surface area contributed by atoms with E-state index in [-0.39, 0.29) is 6.04 Å². The van der Waals surface area contributed by atoms with Crippen LogP contribution in [-0.4, -0.2) is 12.0 Å². The number of thiophene rings is 1. The van der Waals surface area contributed by atoms with Gasteiger partial charge in [0.1, 0.15) is 0 Å². The maximum absolute atomic E-state index is 4.43. The van der Waals surface area contributed by atoms with E-state index in [1.807, 2.05) is 19.3 Å². The third kappa shape index (κ3) is 2.27. The maximum Gasteiger partial charge on any atom is 0.0705 e. The van der Waals surface area contributed by atoms with E-state index in [2.05, 4.69) is 52.9 Å². The van der Waals surface area contributed by atoms with E-state index in [0.29, 0.717) is 0 Å². The summed E-state index contributed by atoms with van der Waals surface area (Å²) in [6.45, 7) is 2.14. The summed E-state index contributed by atoms with van der Waals surface area (Å²) in [6, 6.07) is 12.9. The first-order chi connectivity index (χ1) is 9.29. The van der Waals surface area contributed by atoms with Crippen LogP contribution in [0.25, 0.3) is 10.9 Å². The smallest absolute Gasteiger partial charge is 0.0705 e. The molecule has 3 aromatic rings. The van der Waals surface area contributed by atoms with Gasteiger partial charge in [0.15, 0.2) is 0 Å². The van der Waals surface area contributed by atoms with Gasteiger partial charge in [0.05, 0.1) is 11.6 Å². The fourth-order valence-corrected chi connectivity index (χ4v) is 3.23. The van der Waals surface area contributed by atoms with Crippen LogP contribution < -0.4 is 5.32 Å². The normalized spacial score (nSPS) is 12.7. The van der Waals surface area contributed by atoms with Crippen molar-refractivity contribution in [2.45, 2.75) is 13.0 Å². The number of benzene rings is 1. The van der Waals surface area contributed by atoms with Gasteiger partial charge in [-0.3, -0.25) is 4.98 Å². The maximum atomic E-state index is 4.43. The lowest BCUT2D eigenvalue weighted by Crippen LogP contribution is -2.17. The van der Waals surface area contributed by atoms with E-state index in [4.69, 9.17) is 0 Å². The van der Waals surface area contributed by atoms with Gasteiger partial charge in [0, 0.05) is 16.5 Å². The molecule has 2 aromatic heterocycles. The summed E-state index contributed by atoms with van der Waals surface area (Å²) in [7, 11) is 2.01. The minimum absolute atomic E-state index is 0.220. The summed E-state index contributed by atoms with van der Waals surface area (Å²) in [6.07, 6.45) is 1.84. The minimum Gasteiger partial charge on any atom is -0.309 e. The largest absolute Gasteiger partial charge is 0.309 e. The number of nitrogens with one attached hydrogen (secondary N) is 1. The highest BCUT2D eigenvalue weighted by Crippen LogP contribution is 2.30. The molecule has 1 N–H and O–H groups in total. The number of fused-ring (bicyclic) bond motifs is 1. The quantitative estimate of drug-likeness (QED) is 0.779. The molecule has 0 aliphatic rings. The second-order valence-corrected chi connectivity index (χ2v) is 5.75. The lowest BCUT2D eigenvalue weighted by molar-refractivity contribution is 0.699. The molecule has 3 heteroatoms. The Kier molecular flexibility index (Phi) is 3.32. The molecular formula is C16H16N2S. The average molecular weight is 268 g/mol. The van der Waals surface area contributed by atoms with Gasteiger partial charge >= 0.3 is 0 Å². The predicted octanol–water partition coefficient (Wildman–Crippen LogP) is 3.91. The molecule has 1 aromatic carbocycles. The van der Waals surface area contributed by atoms with Gasteiger partial charge in [-0.05, 0) is 48.7 Å². The molecule has 1 atom stereocenters. The first kappa shape index (κ1) is 12.3. The third-order valence-electron chi connectivity index (χ3n) is 3.36. The first-order valence-electron chi connectivity index (χ1n) is 6.35. The van der Waals surface area contributed by atoms with Gasteiger partial charge in [0.2, 0.25) is 0 Å². The van der Waals surface area contributed by atoms with Crippen LogP contribution in [-0.2, 0) is 0 Å². The molecule has 19 heavy (non-hydrogen) atoms. The van der Waals surface area contributed by atoms with Gasteiger partial charge in [0.25, 0.3) is 0 Å². The third-order valence-corrected chi connectivity index (χ3v) is 4.24. The lowest BCUT2D eigenvalue weighted by atomic mass is 9.97. The van der Waals surface area contributed by atoms with Crippen molar-refractivity contribution in [2.75, 3.05) is 7.05 Å². The van der Waals surface area contributed by atoms with Gasteiger partial charge in [-0.1, -0.05) is 18.2 Å². The highest BCUT2D eigenvalue weighted by Gasteiger charge is 2.15. The van der Waals surface area contributed by atoms with E-state index in [0.717, 1.165) is 5.52 Å². The van der Waals surface area contributed by atoms with Crippen molar-refractivity contribution < 1.29 is 0 Å². The molecular weight excluding hydrogens is 252 g/mol. The molecule has 3 rings (SSSR count). The number of aromatic nitrogens is 1. The lowest BCUT2D eigenvalue weighted by Gasteiger charge is -2.17. The van der Waals surface area contributed by atoms with Crippen molar-refractivity contribution in [2.24, 2.45) is 0 Å². The molecule has 1 unspecified atom stereocenters. The topological polar surface area (TPSA) is 24.9 Å². The number of rotatable bonds is 3. The Bertz CT molecular complexity index is 697. The van der Waals surface area contributed by atoms with Gasteiger partial charge in [-0.25, -0.2) is 0 Å². The fraction of sp³-hybridized carbons (Fsp3) is 0.188. The monoisotopic (exact) mass is 268 g/mol. The van der Waals surface area contributed by atoms with Crippen LogP contribution in [0.2, 0.25) is 0 Å². The molecule has 0 radical (unpaired) electrons. The fourth-order valence-electron chi connectivity index (χ4n) is 2.50. The summed E-state index contributed by atoms with van der Waals surface area (Å²) in [5, 5.41) is 6.86. The Morgan fingerprint density at radius 1 is 1.21 bits per heavy atom. The Morgan fingerprint density at radius 3 is 2.84 bits per heavy atom. The number of hydrogen-bond acceptors (Lipinski definition) is 3. The van der Waals surface area contributed by atoms with Crippen LogP contribution in [0, 0.1) is 6.92 Å². The van der Waals surface area contributed by atoms with Crippen LogP contribution in [0.3, 0.4) is 0 Å². The van der Waals surface area contributed by atoms with E-state index in [9.17, 15) is 0 Å². The zero-order valence-electron chi connectivity index (χ0n) is 11.1. The molecule has 0 saturated carbocycles. The molecule has 0 amide bonds. The van der Waals surface area contributed by atoms with Crippen LogP contribution >= 0.6 is 11.3 Å². The highest BCUT2D eigenvalue weighted by atomic mass is 32.1. The molecule has 0 fully saturated rings. The standard InChI is InChI=1S/C16H16N2S/c1-11-9-12(10-19-11)16(17-2)14-5-3-7-15-13(14)6-4-8-18-15/h3-10,16-17H,1-2H3. The Labute approximate surface area is 117 Å². The molecule has 2 nitrogen and oxygen atoms in total. The summed E-state index contributed by atoms with van der Waals surface area (Å²) < 4.78 is 0. The second-order valence-electron chi connectivity index (χ2n) is 4.63. The predicted molar refractivity (Wildman–Crippen MR) is 81.7 cm³/mol. The van der Waals surface area contributed by atoms with Crippen molar-refractivity contribution in [3.8, 4) is 0 Å². The van der Waals surface area contributed by atoms with Crippen molar-refractivity contribution >= 4 is 22.2 Å². The minimum atomic E-state index is 0.220. The molecule has 0 bridgehead atoms. The molecule has 2 heterocycles. The Morgan fingerprint density at radius 2 is 2.11 bits per heavy atom. The van der Waals surface area contributed by atoms with E-state index in [1.165, 1.54) is 21.4 Å². The number of hydrogen-bond donors (Lipinski definition) is 1. The van der Waals surface area contributed by atoms with E-state index in [1.54, 1.807) is 11.3 Å². The van der Waals surface area contributed by atoms with Crippen LogP contribution in [0.5, 0.6) is 0 Å². The van der Waals surface area contributed by atoms with Crippen molar-refractivity contribution in [1.82, 2.24) is 10.3 Å². The molecule has 96 valence electrons. The van der Waals surface area contributed by atoms with E-state index < -0.39 is 0 Å². The number of nitrogens with zero attached hydrogens (tertiary/aromatic N) is 1.